The summed E-state index contributed by atoms with van der Waals surface area (Å²) in [5.74, 6) is -0.459. The molecule has 0 radical (unpaired) electrons. The van der Waals surface area contributed by atoms with Gasteiger partial charge in [0.25, 0.3) is 0 Å². The molecule has 0 aliphatic heterocycles. The number of hydrogen-bond donors (Lipinski definition) is 2. The molecule has 0 aliphatic carbocycles. The Morgan fingerprint density at radius 2 is 1.92 bits per heavy atom. The lowest BCUT2D eigenvalue weighted by atomic mass is 10.1. The molecule has 0 amide bonds. The Labute approximate surface area is 157 Å². The molecule has 0 unspecified atom stereocenters. The van der Waals surface area contributed by atoms with Gasteiger partial charge in [0.15, 0.2) is 5.96 Å². The quantitative estimate of drug-likeness (QED) is 0.405. The van der Waals surface area contributed by atoms with Crippen molar-refractivity contribution < 1.29 is 8.78 Å². The average molecular weight is 449 g/mol. The Hall–Kier alpha value is -1.71. The first kappa shape index (κ1) is 20.3. The maximum atomic E-state index is 13.1. The largest absolute Gasteiger partial charge is 0.357 e. The zero-order chi connectivity index (χ0) is 16.7. The van der Waals surface area contributed by atoms with Gasteiger partial charge in [0.1, 0.15) is 11.6 Å². The second kappa shape index (κ2) is 10.2. The van der Waals surface area contributed by atoms with E-state index in [2.05, 4.69) is 20.7 Å². The van der Waals surface area contributed by atoms with Crippen LogP contribution in [0.2, 0.25) is 0 Å². The molecule has 2 rings (SSSR count). The van der Waals surface area contributed by atoms with Gasteiger partial charge in [0, 0.05) is 32.4 Å². The summed E-state index contributed by atoms with van der Waals surface area (Å²) in [6.07, 6.45) is 2.23. The highest BCUT2D eigenvalue weighted by molar-refractivity contribution is 14.0. The second-order valence-electron chi connectivity index (χ2n) is 5.10. The number of halogens is 3. The molecule has 2 aromatic rings. The van der Waals surface area contributed by atoms with Gasteiger partial charge in [-0.3, -0.25) is 4.68 Å². The van der Waals surface area contributed by atoms with Crippen molar-refractivity contribution in [3.63, 3.8) is 0 Å². The van der Waals surface area contributed by atoms with Gasteiger partial charge in [0.05, 0.1) is 12.2 Å². The van der Waals surface area contributed by atoms with Crippen LogP contribution in [-0.4, -0.2) is 28.8 Å². The van der Waals surface area contributed by atoms with Crippen LogP contribution in [0.25, 0.3) is 0 Å². The molecule has 5 nitrogen and oxygen atoms in total. The van der Waals surface area contributed by atoms with E-state index in [4.69, 9.17) is 0 Å². The predicted octanol–water partition coefficient (Wildman–Crippen LogP) is 2.61. The Kier molecular flexibility index (Phi) is 8.66. The summed E-state index contributed by atoms with van der Waals surface area (Å²) in [7, 11) is 1.86. The van der Waals surface area contributed by atoms with Gasteiger partial charge in [0.2, 0.25) is 0 Å². The maximum absolute atomic E-state index is 13.1. The van der Waals surface area contributed by atoms with Crippen LogP contribution in [0.5, 0.6) is 0 Å². The number of guanidine groups is 1. The minimum absolute atomic E-state index is 0. The second-order valence-corrected chi connectivity index (χ2v) is 5.10. The minimum atomic E-state index is -0.559. The maximum Gasteiger partial charge on any atom is 0.191 e. The van der Waals surface area contributed by atoms with Gasteiger partial charge in [-0.25, -0.2) is 13.8 Å². The molecule has 0 spiro atoms. The summed E-state index contributed by atoms with van der Waals surface area (Å²) < 4.78 is 28.1. The number of nitrogens with zero attached hydrogens (tertiary/aromatic N) is 3. The third kappa shape index (κ3) is 6.42. The molecule has 1 aromatic heterocycles. The number of aromatic nitrogens is 2. The van der Waals surface area contributed by atoms with E-state index in [0.717, 1.165) is 18.3 Å². The van der Waals surface area contributed by atoms with E-state index in [0.29, 0.717) is 31.0 Å². The normalized spacial score (nSPS) is 11.1. The molecule has 0 fully saturated rings. The van der Waals surface area contributed by atoms with Crippen molar-refractivity contribution in [2.24, 2.45) is 12.0 Å². The topological polar surface area (TPSA) is 54.2 Å². The summed E-state index contributed by atoms with van der Waals surface area (Å²) >= 11 is 0. The van der Waals surface area contributed by atoms with Gasteiger partial charge < -0.3 is 10.6 Å². The molecular formula is C16H22F2IN5. The van der Waals surface area contributed by atoms with E-state index in [1.807, 2.05) is 20.0 Å². The minimum Gasteiger partial charge on any atom is -0.357 e. The molecule has 0 saturated carbocycles. The van der Waals surface area contributed by atoms with E-state index < -0.39 is 11.6 Å². The van der Waals surface area contributed by atoms with Gasteiger partial charge in [-0.05, 0) is 37.1 Å². The molecule has 8 heteroatoms. The van der Waals surface area contributed by atoms with Crippen LogP contribution >= 0.6 is 24.0 Å². The van der Waals surface area contributed by atoms with Gasteiger partial charge in [-0.15, -0.1) is 24.0 Å². The van der Waals surface area contributed by atoms with E-state index in [9.17, 15) is 8.78 Å². The summed E-state index contributed by atoms with van der Waals surface area (Å²) in [6.45, 7) is 3.73. The first-order valence-corrected chi connectivity index (χ1v) is 7.52. The van der Waals surface area contributed by atoms with Crippen molar-refractivity contribution in [2.75, 3.05) is 13.1 Å². The smallest absolute Gasteiger partial charge is 0.191 e. The molecule has 24 heavy (non-hydrogen) atoms. The number of nitrogens with one attached hydrogen (secondary N) is 2. The summed E-state index contributed by atoms with van der Waals surface area (Å²) in [5.41, 5.74) is 1.60. The summed E-state index contributed by atoms with van der Waals surface area (Å²) in [6, 6.07) is 5.45. The standard InChI is InChI=1S/C16H21F2N5.HI/c1-3-19-16(21-11-15-5-7-22-23(15)2)20-6-4-12-8-13(17)10-14(18)9-12;/h5,7-10H,3-4,6,11H2,1-2H3,(H2,19,20,21);1H. The van der Waals surface area contributed by atoms with Crippen molar-refractivity contribution in [1.82, 2.24) is 20.4 Å². The first-order valence-electron chi connectivity index (χ1n) is 7.52. The van der Waals surface area contributed by atoms with Gasteiger partial charge in [-0.2, -0.15) is 5.10 Å². The van der Waals surface area contributed by atoms with Crippen LogP contribution in [0.3, 0.4) is 0 Å². The lowest BCUT2D eigenvalue weighted by Crippen LogP contribution is -2.38. The summed E-state index contributed by atoms with van der Waals surface area (Å²) in [4.78, 5) is 4.47. The Bertz CT molecular complexity index is 652. The number of hydrogen-bond acceptors (Lipinski definition) is 2. The number of benzene rings is 1. The molecule has 0 saturated heterocycles. The van der Waals surface area contributed by atoms with E-state index in [1.165, 1.54) is 12.1 Å². The zero-order valence-electron chi connectivity index (χ0n) is 13.7. The Morgan fingerprint density at radius 3 is 2.50 bits per heavy atom. The van der Waals surface area contributed by atoms with Crippen LogP contribution in [0.4, 0.5) is 8.78 Å². The molecule has 0 bridgehead atoms. The van der Waals surface area contributed by atoms with E-state index in [-0.39, 0.29) is 24.0 Å². The Morgan fingerprint density at radius 1 is 1.21 bits per heavy atom. The molecule has 0 aliphatic rings. The van der Waals surface area contributed by atoms with Crippen LogP contribution < -0.4 is 10.6 Å². The predicted molar refractivity (Wildman–Crippen MR) is 102 cm³/mol. The highest BCUT2D eigenvalue weighted by atomic mass is 127. The fraction of sp³-hybridized carbons (Fsp3) is 0.375. The van der Waals surface area contributed by atoms with Crippen LogP contribution in [0, 0.1) is 11.6 Å². The van der Waals surface area contributed by atoms with Crippen molar-refractivity contribution >= 4 is 29.9 Å². The lowest BCUT2D eigenvalue weighted by Gasteiger charge is -2.11. The number of rotatable bonds is 6. The first-order chi connectivity index (χ1) is 11.1. The highest BCUT2D eigenvalue weighted by Gasteiger charge is 2.03. The van der Waals surface area contributed by atoms with Gasteiger partial charge in [-0.1, -0.05) is 0 Å². The fourth-order valence-electron chi connectivity index (χ4n) is 2.14. The summed E-state index contributed by atoms with van der Waals surface area (Å²) in [5, 5.41) is 10.4. The van der Waals surface area contributed by atoms with E-state index in [1.54, 1.807) is 10.9 Å². The monoisotopic (exact) mass is 449 g/mol. The van der Waals surface area contributed by atoms with Crippen molar-refractivity contribution in [3.8, 4) is 0 Å². The molecule has 0 atom stereocenters. The highest BCUT2D eigenvalue weighted by Crippen LogP contribution is 2.08. The number of aryl methyl sites for hydroxylation is 1. The third-order valence-corrected chi connectivity index (χ3v) is 3.29. The third-order valence-electron chi connectivity index (χ3n) is 3.29. The zero-order valence-corrected chi connectivity index (χ0v) is 16.1. The van der Waals surface area contributed by atoms with Crippen molar-refractivity contribution in [1.29, 1.82) is 0 Å². The fourth-order valence-corrected chi connectivity index (χ4v) is 2.14. The molecule has 1 aromatic carbocycles. The van der Waals surface area contributed by atoms with Gasteiger partial charge >= 0.3 is 0 Å². The van der Waals surface area contributed by atoms with Crippen LogP contribution in [0.1, 0.15) is 18.2 Å². The van der Waals surface area contributed by atoms with Crippen molar-refractivity contribution in [3.05, 3.63) is 53.4 Å². The Balaban J connectivity index is 0.00000288. The molecule has 2 N–H and O–H groups in total. The SMILES string of the molecule is CCNC(=NCc1ccnn1C)NCCc1cc(F)cc(F)c1.I. The van der Waals surface area contributed by atoms with Crippen molar-refractivity contribution in [2.45, 2.75) is 19.9 Å². The molecular weight excluding hydrogens is 427 g/mol. The van der Waals surface area contributed by atoms with Crippen LogP contribution in [-0.2, 0) is 20.0 Å². The number of aliphatic imine (C=N–C) groups is 1. The lowest BCUT2D eigenvalue weighted by molar-refractivity contribution is 0.579. The van der Waals surface area contributed by atoms with E-state index >= 15 is 0 Å². The molecule has 1 heterocycles. The average Bonchev–Trinajstić information content (AvgIpc) is 2.89. The van der Waals surface area contributed by atoms with Crippen LogP contribution in [0.15, 0.2) is 35.5 Å². The molecule has 132 valence electrons.